The zero-order valence-electron chi connectivity index (χ0n) is 7.56. The van der Waals surface area contributed by atoms with Crippen LogP contribution < -0.4 is 0 Å². The predicted octanol–water partition coefficient (Wildman–Crippen LogP) is 2.23. The first-order chi connectivity index (χ1) is 5.40. The maximum absolute atomic E-state index is 12.8. The molecule has 72 valence electrons. The van der Waals surface area contributed by atoms with E-state index in [0.29, 0.717) is 0 Å². The number of hydrogen-bond donors (Lipinski definition) is 0. The van der Waals surface area contributed by atoms with Crippen molar-refractivity contribution < 1.29 is 18.3 Å². The van der Waals surface area contributed by atoms with Crippen molar-refractivity contribution in [2.45, 2.75) is 33.1 Å². The topological polar surface area (TPSA) is 26.3 Å². The molecule has 0 saturated carbocycles. The number of rotatable bonds is 4. The zero-order chi connectivity index (χ0) is 9.78. The molecule has 0 aromatic rings. The minimum atomic E-state index is -2.95. The highest BCUT2D eigenvalue weighted by atomic mass is 19.3. The number of carbonyl (C=O) groups is 1. The molecule has 4 heteroatoms. The van der Waals surface area contributed by atoms with Gasteiger partial charge in [0, 0.05) is 5.92 Å². The minimum absolute atomic E-state index is 0.146. The monoisotopic (exact) mass is 180 g/mol. The van der Waals surface area contributed by atoms with E-state index in [4.69, 9.17) is 0 Å². The van der Waals surface area contributed by atoms with Gasteiger partial charge in [0.25, 0.3) is 5.92 Å². The van der Waals surface area contributed by atoms with Crippen LogP contribution in [-0.4, -0.2) is 18.5 Å². The molecule has 2 nitrogen and oxygen atoms in total. The summed E-state index contributed by atoms with van der Waals surface area (Å²) in [6, 6.07) is 0. The normalized spacial score (nSPS) is 11.8. The van der Waals surface area contributed by atoms with Gasteiger partial charge in [-0.05, 0) is 6.92 Å². The third kappa shape index (κ3) is 3.64. The summed E-state index contributed by atoms with van der Waals surface area (Å²) < 4.78 is 30.0. The molecule has 0 amide bonds. The van der Waals surface area contributed by atoms with E-state index in [1.807, 2.05) is 0 Å². The van der Waals surface area contributed by atoms with Gasteiger partial charge < -0.3 is 4.74 Å². The molecule has 0 unspecified atom stereocenters. The Kier molecular flexibility index (Phi) is 4.13. The summed E-state index contributed by atoms with van der Waals surface area (Å²) in [5, 5.41) is 0. The first-order valence-corrected chi connectivity index (χ1v) is 3.93. The minimum Gasteiger partial charge on any atom is -0.466 e. The average Bonchev–Trinajstić information content (AvgIpc) is 1.85. The maximum atomic E-state index is 12.8. The molecule has 0 aliphatic carbocycles. The Balaban J connectivity index is 3.97. The zero-order valence-corrected chi connectivity index (χ0v) is 7.56. The number of ether oxygens (including phenoxy) is 1. The van der Waals surface area contributed by atoms with E-state index in [0.717, 1.165) is 0 Å². The molecule has 0 atom stereocenters. The molecule has 0 fully saturated rings. The van der Waals surface area contributed by atoms with Crippen LogP contribution in [0.1, 0.15) is 27.2 Å². The van der Waals surface area contributed by atoms with Gasteiger partial charge in [-0.1, -0.05) is 13.8 Å². The molecular weight excluding hydrogens is 166 g/mol. The van der Waals surface area contributed by atoms with Crippen LogP contribution in [0.15, 0.2) is 0 Å². The summed E-state index contributed by atoms with van der Waals surface area (Å²) in [6.45, 7) is 4.48. The maximum Gasteiger partial charge on any atom is 0.311 e. The predicted molar refractivity (Wildman–Crippen MR) is 41.0 cm³/mol. The second-order valence-electron chi connectivity index (χ2n) is 2.90. The molecule has 12 heavy (non-hydrogen) atoms. The summed E-state index contributed by atoms with van der Waals surface area (Å²) in [7, 11) is 0. The molecule has 0 aromatic heterocycles. The van der Waals surface area contributed by atoms with Crippen molar-refractivity contribution in [1.29, 1.82) is 0 Å². The first-order valence-electron chi connectivity index (χ1n) is 3.93. The van der Waals surface area contributed by atoms with E-state index in [1.165, 1.54) is 13.8 Å². The Morgan fingerprint density at radius 2 is 2.00 bits per heavy atom. The van der Waals surface area contributed by atoms with Crippen molar-refractivity contribution >= 4 is 5.97 Å². The molecule has 0 rings (SSSR count). The largest absolute Gasteiger partial charge is 0.466 e. The fourth-order valence-corrected chi connectivity index (χ4v) is 0.609. The van der Waals surface area contributed by atoms with Crippen LogP contribution >= 0.6 is 0 Å². The van der Waals surface area contributed by atoms with Gasteiger partial charge in [-0.2, -0.15) is 0 Å². The van der Waals surface area contributed by atoms with Gasteiger partial charge in [-0.25, -0.2) is 8.78 Å². The van der Waals surface area contributed by atoms with Crippen molar-refractivity contribution in [3.05, 3.63) is 0 Å². The van der Waals surface area contributed by atoms with E-state index in [9.17, 15) is 13.6 Å². The van der Waals surface area contributed by atoms with E-state index >= 15 is 0 Å². The third-order valence-corrected chi connectivity index (χ3v) is 1.53. The fourth-order valence-electron chi connectivity index (χ4n) is 0.609. The Bertz CT molecular complexity index is 155. The van der Waals surface area contributed by atoms with Gasteiger partial charge in [0.05, 0.1) is 6.61 Å². The van der Waals surface area contributed by atoms with E-state index in [2.05, 4.69) is 4.74 Å². The Labute approximate surface area is 70.9 Å². The number of hydrogen-bond acceptors (Lipinski definition) is 2. The van der Waals surface area contributed by atoms with Crippen LogP contribution in [0.2, 0.25) is 0 Å². The van der Waals surface area contributed by atoms with Crippen molar-refractivity contribution in [3.63, 3.8) is 0 Å². The summed E-state index contributed by atoms with van der Waals surface area (Å²) >= 11 is 0. The van der Waals surface area contributed by atoms with Gasteiger partial charge in [0.2, 0.25) is 0 Å². The van der Waals surface area contributed by atoms with E-state index in [-0.39, 0.29) is 6.61 Å². The lowest BCUT2D eigenvalue weighted by molar-refractivity contribution is -0.154. The second-order valence-corrected chi connectivity index (χ2v) is 2.90. The Hall–Kier alpha value is -0.670. The number of alkyl halides is 2. The fraction of sp³-hybridized carbons (Fsp3) is 0.875. The summed E-state index contributed by atoms with van der Waals surface area (Å²) in [5.74, 6) is -4.62. The number of carbonyl (C=O) groups excluding carboxylic acids is 1. The molecule has 0 bridgehead atoms. The van der Waals surface area contributed by atoms with E-state index in [1.54, 1.807) is 6.92 Å². The standard InChI is InChI=1S/C8H14F2O2/c1-4-12-7(11)5-8(9,10)6(2)3/h6H,4-5H2,1-3H3. The van der Waals surface area contributed by atoms with Crippen molar-refractivity contribution in [2.24, 2.45) is 5.92 Å². The Morgan fingerprint density at radius 3 is 2.33 bits per heavy atom. The molecule has 0 aliphatic heterocycles. The molecule has 0 heterocycles. The lowest BCUT2D eigenvalue weighted by atomic mass is 10.0. The average molecular weight is 180 g/mol. The lowest BCUT2D eigenvalue weighted by Gasteiger charge is -2.18. The van der Waals surface area contributed by atoms with Gasteiger partial charge in [-0.3, -0.25) is 4.79 Å². The second kappa shape index (κ2) is 4.38. The van der Waals surface area contributed by atoms with Crippen LogP contribution in [0.3, 0.4) is 0 Å². The van der Waals surface area contributed by atoms with Gasteiger partial charge >= 0.3 is 5.97 Å². The third-order valence-electron chi connectivity index (χ3n) is 1.53. The number of esters is 1. The molecule has 0 saturated heterocycles. The highest BCUT2D eigenvalue weighted by Gasteiger charge is 2.36. The summed E-state index contributed by atoms with van der Waals surface area (Å²) in [4.78, 5) is 10.7. The van der Waals surface area contributed by atoms with Crippen molar-refractivity contribution in [1.82, 2.24) is 0 Å². The van der Waals surface area contributed by atoms with Crippen molar-refractivity contribution in [3.8, 4) is 0 Å². The lowest BCUT2D eigenvalue weighted by Crippen LogP contribution is -2.28. The van der Waals surface area contributed by atoms with Gasteiger partial charge in [-0.15, -0.1) is 0 Å². The molecular formula is C8H14F2O2. The number of halogens is 2. The first kappa shape index (κ1) is 11.3. The van der Waals surface area contributed by atoms with Crippen LogP contribution in [0.25, 0.3) is 0 Å². The van der Waals surface area contributed by atoms with Crippen LogP contribution in [0, 0.1) is 5.92 Å². The van der Waals surface area contributed by atoms with Crippen molar-refractivity contribution in [2.75, 3.05) is 6.61 Å². The van der Waals surface area contributed by atoms with Crippen LogP contribution in [0.4, 0.5) is 8.78 Å². The molecule has 0 spiro atoms. The molecule has 0 N–H and O–H groups in total. The quantitative estimate of drug-likeness (QED) is 0.620. The van der Waals surface area contributed by atoms with Gasteiger partial charge in [0.1, 0.15) is 6.42 Å². The highest BCUT2D eigenvalue weighted by molar-refractivity contribution is 5.70. The Morgan fingerprint density at radius 1 is 1.50 bits per heavy atom. The molecule has 0 aromatic carbocycles. The SMILES string of the molecule is CCOC(=O)CC(F)(F)C(C)C. The summed E-state index contributed by atoms with van der Waals surface area (Å²) in [5.41, 5.74) is 0. The van der Waals surface area contributed by atoms with Gasteiger partial charge in [0.15, 0.2) is 0 Å². The van der Waals surface area contributed by atoms with Crippen LogP contribution in [-0.2, 0) is 9.53 Å². The summed E-state index contributed by atoms with van der Waals surface area (Å²) in [6.07, 6.45) is -0.821. The van der Waals surface area contributed by atoms with Crippen LogP contribution in [0.5, 0.6) is 0 Å². The van der Waals surface area contributed by atoms with E-state index < -0.39 is 24.2 Å². The molecule has 0 radical (unpaired) electrons. The smallest absolute Gasteiger partial charge is 0.311 e. The highest BCUT2D eigenvalue weighted by Crippen LogP contribution is 2.27. The molecule has 0 aliphatic rings.